The summed E-state index contributed by atoms with van der Waals surface area (Å²) in [6.45, 7) is 7.16. The topological polar surface area (TPSA) is 76.4 Å². The van der Waals surface area contributed by atoms with Crippen LogP contribution in [0, 0.1) is 5.92 Å². The Morgan fingerprint density at radius 3 is 2.11 bits per heavy atom. The number of unbranched alkanes of at least 4 members (excludes halogenated alkanes) is 9. The first-order valence-corrected chi connectivity index (χ1v) is 12.1. The Morgan fingerprint density at radius 2 is 1.54 bits per heavy atom. The summed E-state index contributed by atoms with van der Waals surface area (Å²) < 4.78 is 5.37. The highest BCUT2D eigenvalue weighted by atomic mass is 16.5. The van der Waals surface area contributed by atoms with Crippen LogP contribution in [0.3, 0.4) is 0 Å². The van der Waals surface area contributed by atoms with Gasteiger partial charge in [0.1, 0.15) is 0 Å². The fourth-order valence-corrected chi connectivity index (χ4v) is 4.53. The number of carbonyl (C=O) groups is 1. The molecule has 4 N–H and O–H groups in total. The maximum absolute atomic E-state index is 12.5. The Bertz CT molecular complexity index is 388. The van der Waals surface area contributed by atoms with E-state index in [1.807, 2.05) is 6.92 Å². The molecule has 1 fully saturated rings. The largest absolute Gasteiger partial charge is 0.466 e. The van der Waals surface area contributed by atoms with E-state index in [0.29, 0.717) is 6.61 Å². The lowest BCUT2D eigenvalue weighted by atomic mass is 9.78. The minimum atomic E-state index is -0.275. The average Bonchev–Trinajstić information content (AvgIpc) is 2.69. The van der Waals surface area contributed by atoms with E-state index in [2.05, 4.69) is 17.6 Å². The van der Waals surface area contributed by atoms with Crippen LogP contribution < -0.4 is 16.4 Å². The highest BCUT2D eigenvalue weighted by molar-refractivity contribution is 5.74. The standard InChI is InChI=1S/C23H47N3O2/c1-3-25-23(18-14-13-17-21(23)22(27)28-4-2)26-20-16-12-10-8-6-5-7-9-11-15-19-24/h21,25-26H,3-20,24H2,1-2H3. The third-order valence-electron chi connectivity index (χ3n) is 6.04. The van der Waals surface area contributed by atoms with Crippen LogP contribution in [-0.2, 0) is 9.53 Å². The van der Waals surface area contributed by atoms with Crippen molar-refractivity contribution in [2.45, 2.75) is 109 Å². The van der Waals surface area contributed by atoms with E-state index in [0.717, 1.165) is 38.9 Å². The Hall–Kier alpha value is -0.650. The number of rotatable bonds is 17. The van der Waals surface area contributed by atoms with Crippen LogP contribution in [0.25, 0.3) is 0 Å². The second-order valence-corrected chi connectivity index (χ2v) is 8.30. The molecule has 1 rings (SSSR count). The van der Waals surface area contributed by atoms with Crippen LogP contribution in [-0.4, -0.2) is 37.9 Å². The van der Waals surface area contributed by atoms with E-state index in [1.165, 1.54) is 70.6 Å². The molecule has 2 unspecified atom stereocenters. The highest BCUT2D eigenvalue weighted by Crippen LogP contribution is 2.33. The van der Waals surface area contributed by atoms with Crippen molar-refractivity contribution in [1.29, 1.82) is 0 Å². The normalized spacial score (nSPS) is 22.3. The minimum Gasteiger partial charge on any atom is -0.466 e. The summed E-state index contributed by atoms with van der Waals surface area (Å²) >= 11 is 0. The van der Waals surface area contributed by atoms with Gasteiger partial charge in [0.2, 0.25) is 0 Å². The number of carbonyl (C=O) groups excluding carboxylic acids is 1. The van der Waals surface area contributed by atoms with E-state index < -0.39 is 0 Å². The molecule has 0 saturated heterocycles. The second-order valence-electron chi connectivity index (χ2n) is 8.30. The molecular formula is C23H47N3O2. The van der Waals surface area contributed by atoms with Crippen LogP contribution in [0.15, 0.2) is 0 Å². The first kappa shape index (κ1) is 25.4. The molecule has 1 aliphatic rings. The number of hydrogen-bond donors (Lipinski definition) is 3. The zero-order chi connectivity index (χ0) is 20.5. The average molecular weight is 398 g/mol. The molecule has 5 nitrogen and oxygen atoms in total. The first-order valence-electron chi connectivity index (χ1n) is 12.1. The molecule has 0 amide bonds. The van der Waals surface area contributed by atoms with E-state index in [4.69, 9.17) is 10.5 Å². The van der Waals surface area contributed by atoms with Gasteiger partial charge in [-0.15, -0.1) is 0 Å². The van der Waals surface area contributed by atoms with Gasteiger partial charge in [-0.05, 0) is 52.2 Å². The molecule has 1 saturated carbocycles. The molecule has 28 heavy (non-hydrogen) atoms. The van der Waals surface area contributed by atoms with Crippen LogP contribution in [0.1, 0.15) is 104 Å². The van der Waals surface area contributed by atoms with Crippen LogP contribution >= 0.6 is 0 Å². The van der Waals surface area contributed by atoms with Crippen molar-refractivity contribution in [2.24, 2.45) is 11.7 Å². The lowest BCUT2D eigenvalue weighted by Crippen LogP contribution is -2.65. The fourth-order valence-electron chi connectivity index (χ4n) is 4.53. The van der Waals surface area contributed by atoms with Gasteiger partial charge in [0.25, 0.3) is 0 Å². The van der Waals surface area contributed by atoms with Gasteiger partial charge in [0.15, 0.2) is 0 Å². The van der Waals surface area contributed by atoms with Gasteiger partial charge < -0.3 is 10.5 Å². The Balaban J connectivity index is 2.23. The fraction of sp³-hybridized carbons (Fsp3) is 0.957. The molecule has 0 heterocycles. The molecule has 2 atom stereocenters. The van der Waals surface area contributed by atoms with Gasteiger partial charge in [-0.2, -0.15) is 0 Å². The molecule has 166 valence electrons. The van der Waals surface area contributed by atoms with Crippen molar-refractivity contribution in [3.05, 3.63) is 0 Å². The number of ether oxygens (including phenoxy) is 1. The Morgan fingerprint density at radius 1 is 0.929 bits per heavy atom. The summed E-state index contributed by atoms with van der Waals surface area (Å²) in [6.07, 6.45) is 17.2. The lowest BCUT2D eigenvalue weighted by molar-refractivity contribution is -0.153. The third kappa shape index (κ3) is 9.71. The summed E-state index contributed by atoms with van der Waals surface area (Å²) in [5.74, 6) is -0.109. The van der Waals surface area contributed by atoms with Gasteiger partial charge in [0, 0.05) is 0 Å². The Kier molecular flexibility index (Phi) is 14.7. The predicted octanol–water partition coefficient (Wildman–Crippen LogP) is 4.49. The SMILES string of the molecule is CCNC1(NCCCCCCCCCCCCN)CCCCC1C(=O)OCC. The van der Waals surface area contributed by atoms with Gasteiger partial charge in [0.05, 0.1) is 18.2 Å². The van der Waals surface area contributed by atoms with Gasteiger partial charge in [-0.25, -0.2) is 0 Å². The number of esters is 1. The number of nitrogens with one attached hydrogen (secondary N) is 2. The van der Waals surface area contributed by atoms with Crippen LogP contribution in [0.5, 0.6) is 0 Å². The monoisotopic (exact) mass is 397 g/mol. The van der Waals surface area contributed by atoms with Gasteiger partial charge >= 0.3 is 5.97 Å². The highest BCUT2D eigenvalue weighted by Gasteiger charge is 2.44. The second kappa shape index (κ2) is 16.2. The van der Waals surface area contributed by atoms with E-state index in [1.54, 1.807) is 0 Å². The smallest absolute Gasteiger partial charge is 0.312 e. The number of hydrogen-bond acceptors (Lipinski definition) is 5. The molecule has 0 aromatic carbocycles. The predicted molar refractivity (Wildman–Crippen MR) is 118 cm³/mol. The molecular weight excluding hydrogens is 350 g/mol. The van der Waals surface area contributed by atoms with E-state index >= 15 is 0 Å². The summed E-state index contributed by atoms with van der Waals surface area (Å²) in [5, 5.41) is 7.34. The number of nitrogens with two attached hydrogens (primary N) is 1. The molecule has 0 spiro atoms. The summed E-state index contributed by atoms with van der Waals surface area (Å²) in [4.78, 5) is 12.5. The zero-order valence-corrected chi connectivity index (χ0v) is 18.7. The van der Waals surface area contributed by atoms with Crippen molar-refractivity contribution in [3.63, 3.8) is 0 Å². The maximum atomic E-state index is 12.5. The van der Waals surface area contributed by atoms with Crippen molar-refractivity contribution in [2.75, 3.05) is 26.2 Å². The quantitative estimate of drug-likeness (QED) is 0.191. The first-order chi connectivity index (χ1) is 13.7. The maximum Gasteiger partial charge on any atom is 0.312 e. The molecule has 0 aliphatic heterocycles. The van der Waals surface area contributed by atoms with Crippen molar-refractivity contribution in [3.8, 4) is 0 Å². The summed E-state index contributed by atoms with van der Waals surface area (Å²) in [7, 11) is 0. The molecule has 0 aromatic heterocycles. The summed E-state index contributed by atoms with van der Waals surface area (Å²) in [5.41, 5.74) is 5.25. The van der Waals surface area contributed by atoms with Crippen LogP contribution in [0.2, 0.25) is 0 Å². The van der Waals surface area contributed by atoms with Crippen molar-refractivity contribution >= 4 is 5.97 Å². The third-order valence-corrected chi connectivity index (χ3v) is 6.04. The van der Waals surface area contributed by atoms with Gasteiger partial charge in [-0.1, -0.05) is 71.1 Å². The van der Waals surface area contributed by atoms with E-state index in [-0.39, 0.29) is 17.6 Å². The molecule has 0 radical (unpaired) electrons. The van der Waals surface area contributed by atoms with Gasteiger partial charge in [-0.3, -0.25) is 15.4 Å². The summed E-state index contributed by atoms with van der Waals surface area (Å²) in [6, 6.07) is 0. The molecule has 0 aromatic rings. The van der Waals surface area contributed by atoms with Crippen molar-refractivity contribution < 1.29 is 9.53 Å². The lowest BCUT2D eigenvalue weighted by Gasteiger charge is -2.44. The molecule has 1 aliphatic carbocycles. The van der Waals surface area contributed by atoms with E-state index in [9.17, 15) is 4.79 Å². The zero-order valence-electron chi connectivity index (χ0n) is 18.7. The van der Waals surface area contributed by atoms with Crippen LogP contribution in [0.4, 0.5) is 0 Å². The van der Waals surface area contributed by atoms with Crippen molar-refractivity contribution in [1.82, 2.24) is 10.6 Å². The molecule has 0 bridgehead atoms. The molecule has 5 heteroatoms. The minimum absolute atomic E-state index is 0.0397. The Labute approximate surface area is 173 Å².